The van der Waals surface area contributed by atoms with Gasteiger partial charge in [-0.25, -0.2) is 0 Å². The molecule has 1 aromatic carbocycles. The van der Waals surface area contributed by atoms with Gasteiger partial charge in [0.15, 0.2) is 0 Å². The number of halogens is 1. The second-order valence-corrected chi connectivity index (χ2v) is 3.75. The van der Waals surface area contributed by atoms with Gasteiger partial charge in [0.05, 0.1) is 0 Å². The summed E-state index contributed by atoms with van der Waals surface area (Å²) in [4.78, 5) is 11.3. The van der Waals surface area contributed by atoms with Crippen molar-refractivity contribution < 1.29 is 9.53 Å². The molecule has 0 fully saturated rings. The van der Waals surface area contributed by atoms with Crippen LogP contribution in [0.2, 0.25) is 5.02 Å². The number of nitrogens with one attached hydrogen (secondary N) is 1. The Labute approximate surface area is 94.4 Å². The summed E-state index contributed by atoms with van der Waals surface area (Å²) in [5, 5.41) is 3.42. The van der Waals surface area contributed by atoms with Gasteiger partial charge in [-0.1, -0.05) is 17.7 Å². The van der Waals surface area contributed by atoms with Crippen molar-refractivity contribution in [1.82, 2.24) is 0 Å². The monoisotopic (exact) mass is 227 g/mol. The van der Waals surface area contributed by atoms with Gasteiger partial charge < -0.3 is 10.1 Å². The van der Waals surface area contributed by atoms with Gasteiger partial charge in [-0.2, -0.15) is 0 Å². The molecule has 15 heavy (non-hydrogen) atoms. The van der Waals surface area contributed by atoms with E-state index in [0.717, 1.165) is 16.8 Å². The molecule has 0 spiro atoms. The maximum atomic E-state index is 11.3. The van der Waals surface area contributed by atoms with Crippen LogP contribution in [0.1, 0.15) is 11.1 Å². The van der Waals surface area contributed by atoms with Gasteiger partial charge in [-0.15, -0.1) is 0 Å². The molecule has 0 aliphatic carbocycles. The van der Waals surface area contributed by atoms with Crippen molar-refractivity contribution in [1.29, 1.82) is 0 Å². The van der Waals surface area contributed by atoms with Crippen molar-refractivity contribution in [3.8, 4) is 0 Å². The van der Waals surface area contributed by atoms with Crippen LogP contribution in [0.4, 0.5) is 5.69 Å². The third kappa shape index (κ3) is 2.94. The second kappa shape index (κ2) is 5.14. The van der Waals surface area contributed by atoms with Crippen molar-refractivity contribution in [2.45, 2.75) is 13.8 Å². The molecule has 0 aromatic heterocycles. The molecule has 4 heteroatoms. The second-order valence-electron chi connectivity index (χ2n) is 3.35. The molecule has 0 atom stereocenters. The Hall–Kier alpha value is -1.06. The third-order valence-corrected chi connectivity index (χ3v) is 2.56. The first-order valence-corrected chi connectivity index (χ1v) is 4.98. The Bertz CT molecular complexity index is 377. The van der Waals surface area contributed by atoms with Crippen LogP contribution in [0.25, 0.3) is 0 Å². The number of hydrogen-bond donors (Lipinski definition) is 1. The van der Waals surface area contributed by atoms with Crippen LogP contribution in [0.5, 0.6) is 0 Å². The van der Waals surface area contributed by atoms with E-state index in [1.165, 1.54) is 7.11 Å². The van der Waals surface area contributed by atoms with Crippen molar-refractivity contribution >= 4 is 23.2 Å². The van der Waals surface area contributed by atoms with Crippen LogP contribution < -0.4 is 5.32 Å². The number of carbonyl (C=O) groups excluding carboxylic acids is 1. The first-order valence-electron chi connectivity index (χ1n) is 4.60. The Morgan fingerprint density at radius 3 is 2.73 bits per heavy atom. The van der Waals surface area contributed by atoms with Crippen LogP contribution >= 0.6 is 11.6 Å². The predicted octanol–water partition coefficient (Wildman–Crippen LogP) is 2.54. The summed E-state index contributed by atoms with van der Waals surface area (Å²) in [6.07, 6.45) is 0. The molecule has 0 bridgehead atoms. The zero-order valence-corrected chi connectivity index (χ0v) is 9.81. The Kier molecular flexibility index (Phi) is 4.12. The van der Waals surface area contributed by atoms with E-state index >= 15 is 0 Å². The first kappa shape index (κ1) is 12.0. The highest BCUT2D eigenvalue weighted by Crippen LogP contribution is 2.26. The number of ether oxygens (including phenoxy) is 1. The maximum Gasteiger partial charge on any atom is 0.250 e. The lowest BCUT2D eigenvalue weighted by Crippen LogP contribution is -2.18. The van der Waals surface area contributed by atoms with Gasteiger partial charge in [-0.05, 0) is 31.0 Å². The fraction of sp³-hybridized carbons (Fsp3) is 0.364. The molecular weight excluding hydrogens is 214 g/mol. The minimum atomic E-state index is -0.175. The van der Waals surface area contributed by atoms with Crippen molar-refractivity contribution in [3.05, 3.63) is 28.3 Å². The van der Waals surface area contributed by atoms with Crippen molar-refractivity contribution in [2.24, 2.45) is 0 Å². The average molecular weight is 228 g/mol. The molecule has 1 aromatic rings. The number of benzene rings is 1. The summed E-state index contributed by atoms with van der Waals surface area (Å²) < 4.78 is 4.74. The highest BCUT2D eigenvalue weighted by Gasteiger charge is 2.09. The number of carbonyl (C=O) groups is 1. The van der Waals surface area contributed by atoms with Gasteiger partial charge in [0, 0.05) is 17.8 Å². The molecular formula is C11H14ClNO2. The molecule has 1 N–H and O–H groups in total. The zero-order chi connectivity index (χ0) is 11.4. The largest absolute Gasteiger partial charge is 0.375 e. The third-order valence-electron chi connectivity index (χ3n) is 2.15. The standard InChI is InChI=1S/C11H14ClNO2/c1-7-4-5-9(12)8(2)11(7)13-10(14)6-15-3/h4-5H,6H2,1-3H3,(H,13,14). The molecule has 1 amide bonds. The van der Waals surface area contributed by atoms with E-state index in [4.69, 9.17) is 16.3 Å². The minimum absolute atomic E-state index is 0.0470. The van der Waals surface area contributed by atoms with E-state index in [1.807, 2.05) is 26.0 Å². The van der Waals surface area contributed by atoms with Crippen molar-refractivity contribution in [2.75, 3.05) is 19.0 Å². The molecule has 0 aliphatic rings. The lowest BCUT2D eigenvalue weighted by atomic mass is 10.1. The highest BCUT2D eigenvalue weighted by atomic mass is 35.5. The molecule has 0 saturated carbocycles. The van der Waals surface area contributed by atoms with E-state index in [-0.39, 0.29) is 12.5 Å². The number of aryl methyl sites for hydroxylation is 1. The lowest BCUT2D eigenvalue weighted by molar-refractivity contribution is -0.119. The SMILES string of the molecule is COCC(=O)Nc1c(C)ccc(Cl)c1C. The van der Waals surface area contributed by atoms with Crippen LogP contribution in [-0.4, -0.2) is 19.6 Å². The topological polar surface area (TPSA) is 38.3 Å². The Morgan fingerprint density at radius 2 is 2.13 bits per heavy atom. The molecule has 0 saturated heterocycles. The van der Waals surface area contributed by atoms with Crippen molar-refractivity contribution in [3.63, 3.8) is 0 Å². The van der Waals surface area contributed by atoms with E-state index < -0.39 is 0 Å². The number of rotatable bonds is 3. The predicted molar refractivity (Wildman–Crippen MR) is 61.4 cm³/mol. The summed E-state index contributed by atoms with van der Waals surface area (Å²) in [7, 11) is 1.48. The molecule has 0 aliphatic heterocycles. The summed E-state index contributed by atoms with van der Waals surface area (Å²) in [6.45, 7) is 3.84. The van der Waals surface area contributed by atoms with E-state index in [9.17, 15) is 4.79 Å². The zero-order valence-electron chi connectivity index (χ0n) is 9.06. The molecule has 0 heterocycles. The van der Waals surface area contributed by atoms with Gasteiger partial charge in [0.2, 0.25) is 5.91 Å². The molecule has 3 nitrogen and oxygen atoms in total. The number of hydrogen-bond acceptors (Lipinski definition) is 2. The van der Waals surface area contributed by atoms with Crippen LogP contribution in [0.3, 0.4) is 0 Å². The highest BCUT2D eigenvalue weighted by molar-refractivity contribution is 6.31. The minimum Gasteiger partial charge on any atom is -0.375 e. The summed E-state index contributed by atoms with van der Waals surface area (Å²) in [5.41, 5.74) is 2.63. The van der Waals surface area contributed by atoms with Gasteiger partial charge >= 0.3 is 0 Å². The summed E-state index contributed by atoms with van der Waals surface area (Å²) in [5.74, 6) is -0.175. The number of amides is 1. The Balaban J connectivity index is 2.93. The van der Waals surface area contributed by atoms with E-state index in [2.05, 4.69) is 5.32 Å². The molecule has 82 valence electrons. The van der Waals surface area contributed by atoms with Crippen LogP contribution in [0, 0.1) is 13.8 Å². The van der Waals surface area contributed by atoms with E-state index in [1.54, 1.807) is 0 Å². The van der Waals surface area contributed by atoms with Crippen LogP contribution in [-0.2, 0) is 9.53 Å². The Morgan fingerprint density at radius 1 is 1.47 bits per heavy atom. The molecule has 0 radical (unpaired) electrons. The first-order chi connectivity index (χ1) is 7.06. The summed E-state index contributed by atoms with van der Waals surface area (Å²) >= 11 is 5.96. The average Bonchev–Trinajstić information content (AvgIpc) is 2.19. The molecule has 1 rings (SSSR count). The maximum absolute atomic E-state index is 11.3. The van der Waals surface area contributed by atoms with Crippen LogP contribution in [0.15, 0.2) is 12.1 Å². The summed E-state index contributed by atoms with van der Waals surface area (Å²) in [6, 6.07) is 3.69. The van der Waals surface area contributed by atoms with E-state index in [0.29, 0.717) is 5.02 Å². The van der Waals surface area contributed by atoms with Gasteiger partial charge in [0.1, 0.15) is 6.61 Å². The quantitative estimate of drug-likeness (QED) is 0.862. The number of methoxy groups -OCH3 is 1. The fourth-order valence-corrected chi connectivity index (χ4v) is 1.48. The smallest absolute Gasteiger partial charge is 0.250 e. The lowest BCUT2D eigenvalue weighted by Gasteiger charge is -2.12. The molecule has 0 unspecified atom stereocenters. The van der Waals surface area contributed by atoms with Gasteiger partial charge in [0.25, 0.3) is 0 Å². The number of anilines is 1. The normalized spacial score (nSPS) is 10.1. The van der Waals surface area contributed by atoms with Gasteiger partial charge in [-0.3, -0.25) is 4.79 Å². The fourth-order valence-electron chi connectivity index (χ4n) is 1.32.